The molecule has 1 aromatic carbocycles. The van der Waals surface area contributed by atoms with Crippen molar-refractivity contribution in [1.29, 1.82) is 0 Å². The van der Waals surface area contributed by atoms with Gasteiger partial charge in [0, 0.05) is 18.3 Å². The van der Waals surface area contributed by atoms with Crippen molar-refractivity contribution in [2.75, 3.05) is 19.0 Å². The van der Waals surface area contributed by atoms with E-state index in [0.717, 1.165) is 10.4 Å². The zero-order chi connectivity index (χ0) is 18.8. The van der Waals surface area contributed by atoms with Gasteiger partial charge >= 0.3 is 5.97 Å². The summed E-state index contributed by atoms with van der Waals surface area (Å²) in [6.07, 6.45) is 0.491. The van der Waals surface area contributed by atoms with E-state index in [0.29, 0.717) is 24.5 Å². The molecule has 8 heteroatoms. The average molecular weight is 376 g/mol. The van der Waals surface area contributed by atoms with Crippen LogP contribution in [0.4, 0.5) is 9.39 Å². The summed E-state index contributed by atoms with van der Waals surface area (Å²) in [7, 11) is 1.26. The van der Waals surface area contributed by atoms with Crippen molar-refractivity contribution >= 4 is 34.1 Å². The van der Waals surface area contributed by atoms with Gasteiger partial charge in [-0.1, -0.05) is 12.1 Å². The van der Waals surface area contributed by atoms with E-state index in [-0.39, 0.29) is 17.0 Å². The monoisotopic (exact) mass is 376 g/mol. The molecule has 2 amide bonds. The molecule has 2 aromatic rings. The lowest BCUT2D eigenvalue weighted by molar-refractivity contribution is -0.129. The summed E-state index contributed by atoms with van der Waals surface area (Å²) in [6.45, 7) is 2.35. The van der Waals surface area contributed by atoms with Crippen LogP contribution in [-0.2, 0) is 22.5 Å². The van der Waals surface area contributed by atoms with Crippen LogP contribution >= 0.6 is 11.3 Å². The molecule has 0 spiro atoms. The van der Waals surface area contributed by atoms with Crippen molar-refractivity contribution in [2.24, 2.45) is 0 Å². The van der Waals surface area contributed by atoms with Crippen molar-refractivity contribution in [2.45, 2.75) is 19.9 Å². The number of methoxy groups -OCH3 is 1. The Bertz CT molecular complexity index is 893. The minimum absolute atomic E-state index is 0.0550. The van der Waals surface area contributed by atoms with E-state index < -0.39 is 17.7 Å². The second-order valence-electron chi connectivity index (χ2n) is 5.82. The van der Waals surface area contributed by atoms with Crippen molar-refractivity contribution in [1.82, 2.24) is 4.90 Å². The number of halogens is 1. The first kappa shape index (κ1) is 18.1. The number of hydrogen-bond donors (Lipinski definition) is 1. The standard InChI is InChI=1S/C18H17FN2O4S/c1-10(22)21-8-7-12-14(9-21)26-17(15(12)18(24)25-2)20-16(23)11-5-3-4-6-13(11)19/h3-6H,7-9H2,1-2H3,(H,20,23). The Hall–Kier alpha value is -2.74. The zero-order valence-corrected chi connectivity index (χ0v) is 15.1. The first-order valence-electron chi connectivity index (χ1n) is 7.96. The third-order valence-electron chi connectivity index (χ3n) is 4.24. The number of carbonyl (C=O) groups excluding carboxylic acids is 3. The molecule has 0 aliphatic carbocycles. The Morgan fingerprint density at radius 1 is 1.27 bits per heavy atom. The predicted molar refractivity (Wildman–Crippen MR) is 94.8 cm³/mol. The number of fused-ring (bicyclic) bond motifs is 1. The Morgan fingerprint density at radius 2 is 2.00 bits per heavy atom. The molecule has 136 valence electrons. The third kappa shape index (κ3) is 3.32. The van der Waals surface area contributed by atoms with Gasteiger partial charge in [0.2, 0.25) is 5.91 Å². The maximum Gasteiger partial charge on any atom is 0.341 e. The molecule has 6 nitrogen and oxygen atoms in total. The van der Waals surface area contributed by atoms with E-state index in [1.54, 1.807) is 11.0 Å². The van der Waals surface area contributed by atoms with E-state index in [9.17, 15) is 18.8 Å². The summed E-state index contributed by atoms with van der Waals surface area (Å²) in [6, 6.07) is 5.61. The number of nitrogens with zero attached hydrogens (tertiary/aromatic N) is 1. The lowest BCUT2D eigenvalue weighted by Crippen LogP contribution is -2.33. The molecule has 0 saturated carbocycles. The van der Waals surface area contributed by atoms with Crippen LogP contribution < -0.4 is 5.32 Å². The minimum Gasteiger partial charge on any atom is -0.465 e. The van der Waals surface area contributed by atoms with Crippen LogP contribution in [0.25, 0.3) is 0 Å². The number of anilines is 1. The molecule has 2 heterocycles. The number of hydrogen-bond acceptors (Lipinski definition) is 5. The highest BCUT2D eigenvalue weighted by atomic mass is 32.1. The smallest absolute Gasteiger partial charge is 0.341 e. The van der Waals surface area contributed by atoms with Crippen LogP contribution in [-0.4, -0.2) is 36.3 Å². The van der Waals surface area contributed by atoms with Gasteiger partial charge in [-0.05, 0) is 24.1 Å². The first-order valence-corrected chi connectivity index (χ1v) is 8.78. The molecule has 1 N–H and O–H groups in total. The maximum absolute atomic E-state index is 13.8. The maximum atomic E-state index is 13.8. The number of thiophene rings is 1. The topological polar surface area (TPSA) is 75.7 Å². The SMILES string of the molecule is COC(=O)c1c(NC(=O)c2ccccc2F)sc2c1CCN(C(C)=O)C2. The van der Waals surface area contributed by atoms with Gasteiger partial charge in [-0.2, -0.15) is 0 Å². The molecule has 0 saturated heterocycles. The van der Waals surface area contributed by atoms with Gasteiger partial charge in [0.25, 0.3) is 5.91 Å². The molecule has 0 fully saturated rings. The molecule has 0 unspecified atom stereocenters. The Kier molecular flexibility index (Phi) is 5.03. The van der Waals surface area contributed by atoms with E-state index in [1.165, 1.54) is 43.6 Å². The molecule has 1 aliphatic heterocycles. The molecular weight excluding hydrogens is 359 g/mol. The van der Waals surface area contributed by atoms with Crippen LogP contribution in [0.2, 0.25) is 0 Å². The highest BCUT2D eigenvalue weighted by Crippen LogP contribution is 2.38. The molecule has 26 heavy (non-hydrogen) atoms. The minimum atomic E-state index is -0.645. The van der Waals surface area contributed by atoms with Crippen LogP contribution in [0, 0.1) is 5.82 Å². The highest BCUT2D eigenvalue weighted by Gasteiger charge is 2.30. The van der Waals surface area contributed by atoms with Crippen LogP contribution in [0.5, 0.6) is 0 Å². The number of benzene rings is 1. The lowest BCUT2D eigenvalue weighted by Gasteiger charge is -2.25. The molecule has 3 rings (SSSR count). The molecule has 0 atom stereocenters. The lowest BCUT2D eigenvalue weighted by atomic mass is 10.0. The summed E-state index contributed by atoms with van der Waals surface area (Å²) in [5.74, 6) is -1.91. The van der Waals surface area contributed by atoms with Gasteiger partial charge in [-0.15, -0.1) is 11.3 Å². The summed E-state index contributed by atoms with van der Waals surface area (Å²) in [4.78, 5) is 38.8. The summed E-state index contributed by atoms with van der Waals surface area (Å²) < 4.78 is 18.7. The number of rotatable bonds is 3. The van der Waals surface area contributed by atoms with Crippen LogP contribution in [0.3, 0.4) is 0 Å². The Balaban J connectivity index is 1.97. The fourth-order valence-corrected chi connectivity index (χ4v) is 4.14. The van der Waals surface area contributed by atoms with Crippen molar-refractivity contribution in [3.63, 3.8) is 0 Å². The van der Waals surface area contributed by atoms with E-state index in [2.05, 4.69) is 5.32 Å². The van der Waals surface area contributed by atoms with E-state index in [4.69, 9.17) is 4.74 Å². The average Bonchev–Trinajstić information content (AvgIpc) is 2.98. The molecule has 1 aromatic heterocycles. The predicted octanol–water partition coefficient (Wildman–Crippen LogP) is 2.83. The molecule has 0 bridgehead atoms. The van der Waals surface area contributed by atoms with Gasteiger partial charge in [0.05, 0.1) is 24.8 Å². The fourth-order valence-electron chi connectivity index (χ4n) is 2.89. The molecule has 1 aliphatic rings. The number of amides is 2. The Morgan fingerprint density at radius 3 is 2.65 bits per heavy atom. The van der Waals surface area contributed by atoms with Gasteiger partial charge in [-0.25, -0.2) is 9.18 Å². The van der Waals surface area contributed by atoms with Gasteiger partial charge in [-0.3, -0.25) is 9.59 Å². The zero-order valence-electron chi connectivity index (χ0n) is 14.3. The van der Waals surface area contributed by atoms with E-state index in [1.807, 2.05) is 0 Å². The quantitative estimate of drug-likeness (QED) is 0.836. The largest absolute Gasteiger partial charge is 0.465 e. The fraction of sp³-hybridized carbons (Fsp3) is 0.278. The number of esters is 1. The van der Waals surface area contributed by atoms with Gasteiger partial charge in [0.1, 0.15) is 10.8 Å². The van der Waals surface area contributed by atoms with E-state index >= 15 is 0 Å². The normalized spacial score (nSPS) is 13.1. The highest BCUT2D eigenvalue weighted by molar-refractivity contribution is 7.17. The summed E-state index contributed by atoms with van der Waals surface area (Å²) >= 11 is 1.21. The third-order valence-corrected chi connectivity index (χ3v) is 5.37. The van der Waals surface area contributed by atoms with Crippen molar-refractivity contribution < 1.29 is 23.5 Å². The first-order chi connectivity index (χ1) is 12.4. The summed E-state index contributed by atoms with van der Waals surface area (Å²) in [5.41, 5.74) is 0.934. The van der Waals surface area contributed by atoms with Crippen molar-refractivity contribution in [3.05, 3.63) is 51.7 Å². The summed E-state index contributed by atoms with van der Waals surface area (Å²) in [5, 5.41) is 2.93. The number of nitrogens with one attached hydrogen (secondary N) is 1. The number of carbonyl (C=O) groups is 3. The van der Waals surface area contributed by atoms with Gasteiger partial charge < -0.3 is 15.0 Å². The molecular formula is C18H17FN2O4S. The van der Waals surface area contributed by atoms with Crippen LogP contribution in [0.1, 0.15) is 38.1 Å². The second kappa shape index (κ2) is 7.25. The molecule has 0 radical (unpaired) electrons. The van der Waals surface area contributed by atoms with Crippen molar-refractivity contribution in [3.8, 4) is 0 Å². The van der Waals surface area contributed by atoms with Crippen LogP contribution in [0.15, 0.2) is 24.3 Å². The Labute approximate surface area is 153 Å². The van der Waals surface area contributed by atoms with Gasteiger partial charge in [0.15, 0.2) is 0 Å². The second-order valence-corrected chi connectivity index (χ2v) is 6.93. The number of ether oxygens (including phenoxy) is 1.